The molecule has 56 heavy (non-hydrogen) atoms. The Hall–Kier alpha value is -6.24. The minimum atomic E-state index is 0.903. The summed E-state index contributed by atoms with van der Waals surface area (Å²) in [6.45, 7) is 0. The Morgan fingerprint density at radius 2 is 0.375 bits per heavy atom. The molecule has 0 unspecified atom stereocenters. The summed E-state index contributed by atoms with van der Waals surface area (Å²) < 4.78 is 0. The van der Waals surface area contributed by atoms with Crippen LogP contribution in [0.1, 0.15) is 89.0 Å². The van der Waals surface area contributed by atoms with E-state index < -0.39 is 0 Å². The molecule has 0 atom stereocenters. The van der Waals surface area contributed by atoms with E-state index in [2.05, 4.69) is 194 Å². The van der Waals surface area contributed by atoms with Gasteiger partial charge in [-0.25, -0.2) is 0 Å². The van der Waals surface area contributed by atoms with Gasteiger partial charge in [-0.3, -0.25) is 0 Å². The number of benzene rings is 8. The maximum absolute atomic E-state index is 2.40. The Kier molecular flexibility index (Phi) is 10.5. The van der Waals surface area contributed by atoms with E-state index in [1.165, 1.54) is 89.0 Å². The van der Waals surface area contributed by atoms with E-state index in [0.717, 1.165) is 51.4 Å². The van der Waals surface area contributed by atoms with Crippen LogP contribution in [0.4, 0.5) is 0 Å². The first-order valence-electron chi connectivity index (χ1n) is 20.3. The summed E-state index contributed by atoms with van der Waals surface area (Å²) in [4.78, 5) is 0. The Morgan fingerprint density at radius 1 is 0.196 bits per heavy atom. The molecule has 0 heterocycles. The molecule has 0 N–H and O–H groups in total. The topological polar surface area (TPSA) is 0 Å². The van der Waals surface area contributed by atoms with Crippen molar-refractivity contribution in [3.05, 3.63) is 283 Å². The van der Waals surface area contributed by atoms with E-state index in [0.29, 0.717) is 0 Å². The molecule has 1 aliphatic carbocycles. The van der Waals surface area contributed by atoms with Gasteiger partial charge in [-0.05, 0) is 140 Å². The zero-order chi connectivity index (χ0) is 37.5. The second-order valence-corrected chi connectivity index (χ2v) is 15.6. The first kappa shape index (κ1) is 35.5. The highest BCUT2D eigenvalue weighted by Crippen LogP contribution is 2.33. The van der Waals surface area contributed by atoms with Crippen molar-refractivity contribution < 1.29 is 0 Å². The lowest BCUT2D eigenvalue weighted by Crippen LogP contribution is -2.11. The highest BCUT2D eigenvalue weighted by Gasteiger charge is 2.20. The summed E-state index contributed by atoms with van der Waals surface area (Å²) in [6, 6.07) is 72.7. The molecule has 0 amide bonds. The van der Waals surface area contributed by atoms with E-state index in [-0.39, 0.29) is 0 Å². The Labute approximate surface area is 333 Å². The largest absolute Gasteiger partial charge is 0.0622 e. The van der Waals surface area contributed by atoms with E-state index in [1.54, 1.807) is 0 Å². The summed E-state index contributed by atoms with van der Waals surface area (Å²) in [7, 11) is 0. The summed E-state index contributed by atoms with van der Waals surface area (Å²) in [6.07, 6.45) is 7.28. The summed E-state index contributed by atoms with van der Waals surface area (Å²) in [5, 5.41) is 0. The van der Waals surface area contributed by atoms with Gasteiger partial charge in [0.2, 0.25) is 0 Å². The van der Waals surface area contributed by atoms with Gasteiger partial charge in [-0.15, -0.1) is 0 Å². The maximum Gasteiger partial charge on any atom is -0.00199 e. The van der Waals surface area contributed by atoms with Crippen LogP contribution in [0.2, 0.25) is 0 Å². The highest BCUT2D eigenvalue weighted by atomic mass is 14.2. The first-order chi connectivity index (χ1) is 27.7. The Morgan fingerprint density at radius 3 is 0.554 bits per heavy atom. The van der Waals surface area contributed by atoms with Gasteiger partial charge >= 0.3 is 0 Å². The van der Waals surface area contributed by atoms with Crippen LogP contribution in [0, 0.1) is 0 Å². The zero-order valence-electron chi connectivity index (χ0n) is 32.1. The molecule has 0 radical (unpaired) electrons. The standard InChI is InChI=1S/C56H48/c1-5-17-41(18-6-1)33-53-45-25-13-26-46(53)38-48-28-15-30-50(55(48)35-43-21-9-3-10-22-43)40-52-32-16-31-51(56(52)36-44-23-11-4-12-24-44)39-49-29-14-27-47(37-45)54(49)34-42-19-7-2-8-20-42/h1-32H,33-40H2. The number of fused-ring (bicyclic) bond motifs is 8. The van der Waals surface area contributed by atoms with Gasteiger partial charge < -0.3 is 0 Å². The van der Waals surface area contributed by atoms with Crippen LogP contribution in [0.3, 0.4) is 0 Å². The molecule has 0 heteroatoms. The maximum atomic E-state index is 2.40. The van der Waals surface area contributed by atoms with Crippen LogP contribution < -0.4 is 0 Å². The predicted octanol–water partition coefficient (Wildman–Crippen LogP) is 12.7. The lowest BCUT2D eigenvalue weighted by atomic mass is 9.81. The Balaban J connectivity index is 1.26. The monoisotopic (exact) mass is 720 g/mol. The van der Waals surface area contributed by atoms with Crippen molar-refractivity contribution in [3.63, 3.8) is 0 Å². The predicted molar refractivity (Wildman–Crippen MR) is 234 cm³/mol. The minimum Gasteiger partial charge on any atom is -0.0622 e. The molecule has 8 aromatic carbocycles. The van der Waals surface area contributed by atoms with Crippen molar-refractivity contribution in [3.8, 4) is 0 Å². The quantitative estimate of drug-likeness (QED) is 0.147. The van der Waals surface area contributed by atoms with Gasteiger partial charge in [0.15, 0.2) is 0 Å². The second-order valence-electron chi connectivity index (χ2n) is 15.6. The third kappa shape index (κ3) is 8.07. The molecule has 8 aromatic rings. The number of hydrogen-bond donors (Lipinski definition) is 0. The molecule has 0 aromatic heterocycles. The molecule has 0 nitrogen and oxygen atoms in total. The fourth-order valence-electron chi connectivity index (χ4n) is 9.01. The van der Waals surface area contributed by atoms with Crippen molar-refractivity contribution in [2.45, 2.75) is 51.4 Å². The van der Waals surface area contributed by atoms with Crippen molar-refractivity contribution in [2.24, 2.45) is 0 Å². The molecule has 9 rings (SSSR count). The van der Waals surface area contributed by atoms with E-state index >= 15 is 0 Å². The molecule has 1 aliphatic rings. The fraction of sp³-hybridized carbons (Fsp3) is 0.143. The second kappa shape index (κ2) is 16.6. The lowest BCUT2D eigenvalue weighted by molar-refractivity contribution is 0.966. The average Bonchev–Trinajstić information content (AvgIpc) is 3.23. The molecule has 8 bridgehead atoms. The van der Waals surface area contributed by atoms with E-state index in [4.69, 9.17) is 0 Å². The van der Waals surface area contributed by atoms with Crippen LogP contribution in [0.15, 0.2) is 194 Å². The molecular formula is C56H48. The summed E-state index contributed by atoms with van der Waals surface area (Å²) >= 11 is 0. The molecule has 0 spiro atoms. The van der Waals surface area contributed by atoms with Crippen molar-refractivity contribution >= 4 is 0 Å². The molecular weight excluding hydrogens is 673 g/mol. The average molecular weight is 721 g/mol. The summed E-state index contributed by atoms with van der Waals surface area (Å²) in [5.74, 6) is 0. The van der Waals surface area contributed by atoms with Crippen LogP contribution in [0.5, 0.6) is 0 Å². The van der Waals surface area contributed by atoms with Crippen LogP contribution >= 0.6 is 0 Å². The van der Waals surface area contributed by atoms with Gasteiger partial charge in [0, 0.05) is 0 Å². The van der Waals surface area contributed by atoms with Crippen molar-refractivity contribution in [2.75, 3.05) is 0 Å². The summed E-state index contributed by atoms with van der Waals surface area (Å²) in [5.41, 5.74) is 22.7. The van der Waals surface area contributed by atoms with E-state index in [9.17, 15) is 0 Å². The molecule has 0 saturated heterocycles. The SMILES string of the molecule is c1ccc(Cc2c3cccc2Cc2cccc(c2Cc2ccccc2)Cc2cccc(c2Cc2ccccc2)Cc2cccc(c2Cc2ccccc2)C3)cc1. The number of rotatable bonds is 8. The van der Waals surface area contributed by atoms with Gasteiger partial charge in [-0.1, -0.05) is 194 Å². The zero-order valence-corrected chi connectivity index (χ0v) is 32.1. The fourth-order valence-corrected chi connectivity index (χ4v) is 9.01. The Bertz CT molecular complexity index is 2100. The first-order valence-corrected chi connectivity index (χ1v) is 20.3. The van der Waals surface area contributed by atoms with Crippen LogP contribution in [0.25, 0.3) is 0 Å². The van der Waals surface area contributed by atoms with Gasteiger partial charge in [0.05, 0.1) is 0 Å². The molecule has 272 valence electrons. The van der Waals surface area contributed by atoms with E-state index in [1.807, 2.05) is 0 Å². The highest BCUT2D eigenvalue weighted by molar-refractivity contribution is 5.53. The normalized spacial score (nSPS) is 12.3. The number of hydrogen-bond acceptors (Lipinski definition) is 0. The van der Waals surface area contributed by atoms with Crippen molar-refractivity contribution in [1.29, 1.82) is 0 Å². The third-order valence-corrected chi connectivity index (χ3v) is 11.9. The van der Waals surface area contributed by atoms with Crippen LogP contribution in [-0.4, -0.2) is 0 Å². The smallest absolute Gasteiger partial charge is 0.00199 e. The van der Waals surface area contributed by atoms with Gasteiger partial charge in [-0.2, -0.15) is 0 Å². The van der Waals surface area contributed by atoms with Crippen molar-refractivity contribution in [1.82, 2.24) is 0 Å². The minimum absolute atomic E-state index is 0.903. The van der Waals surface area contributed by atoms with Crippen LogP contribution in [-0.2, 0) is 51.4 Å². The third-order valence-electron chi connectivity index (χ3n) is 11.9. The molecule has 0 saturated carbocycles. The lowest BCUT2D eigenvalue weighted by Gasteiger charge is -2.23. The van der Waals surface area contributed by atoms with Gasteiger partial charge in [0.1, 0.15) is 0 Å². The molecule has 0 aliphatic heterocycles. The van der Waals surface area contributed by atoms with Gasteiger partial charge in [0.25, 0.3) is 0 Å². The molecule has 0 fully saturated rings.